The summed E-state index contributed by atoms with van der Waals surface area (Å²) in [4.78, 5) is 98.6. The molecule has 0 bridgehead atoms. The molecular formula is C44H64N8O10. The van der Waals surface area contributed by atoms with Gasteiger partial charge in [0.05, 0.1) is 50.5 Å². The van der Waals surface area contributed by atoms with E-state index in [4.69, 9.17) is 14.2 Å². The summed E-state index contributed by atoms with van der Waals surface area (Å²) in [6.07, 6.45) is 0. The molecule has 4 rings (SSSR count). The van der Waals surface area contributed by atoms with Gasteiger partial charge >= 0.3 is 17.9 Å². The first-order chi connectivity index (χ1) is 29.7. The monoisotopic (exact) mass is 864 g/mol. The van der Waals surface area contributed by atoms with Crippen LogP contribution in [0.4, 0.5) is 0 Å². The molecule has 3 aromatic rings. The van der Waals surface area contributed by atoms with Gasteiger partial charge in [0, 0.05) is 76.2 Å². The average Bonchev–Trinajstić information content (AvgIpc) is 3.24. The van der Waals surface area contributed by atoms with Crippen LogP contribution in [0.15, 0.2) is 53.3 Å². The molecule has 3 amide bonds. The number of esters is 3. The molecule has 62 heavy (non-hydrogen) atoms. The van der Waals surface area contributed by atoms with E-state index in [0.717, 1.165) is 11.0 Å². The summed E-state index contributed by atoms with van der Waals surface area (Å²) in [5.74, 6) is -2.75. The topological polar surface area (TPSA) is 201 Å². The van der Waals surface area contributed by atoms with Crippen LogP contribution in [0.1, 0.15) is 41.5 Å². The van der Waals surface area contributed by atoms with Gasteiger partial charge in [0.15, 0.2) is 5.43 Å². The van der Waals surface area contributed by atoms with Gasteiger partial charge in [-0.3, -0.25) is 38.8 Å². The maximum absolute atomic E-state index is 13.5. The molecule has 18 nitrogen and oxygen atoms in total. The number of pyridine rings is 1. The van der Waals surface area contributed by atoms with E-state index in [1.54, 1.807) is 41.5 Å². The van der Waals surface area contributed by atoms with Crippen molar-refractivity contribution in [3.05, 3.63) is 58.8 Å². The fourth-order valence-electron chi connectivity index (χ4n) is 7.28. The summed E-state index contributed by atoms with van der Waals surface area (Å²) >= 11 is 0. The highest BCUT2D eigenvalue weighted by Crippen LogP contribution is 2.19. The number of fused-ring (bicyclic) bond motifs is 2. The first-order valence-electron chi connectivity index (χ1n) is 21.5. The van der Waals surface area contributed by atoms with Gasteiger partial charge in [-0.1, -0.05) is 24.3 Å². The fraction of sp³-hybridized carbons (Fsp3) is 0.568. The standard InChI is InChI=1S/C44H64N8O10/c1-7-60-42(57)31(4)45-38(53)28-49-20-18-48(26-27-52-36-16-12-10-14-34(36)41(56)35-15-11-13-17-37(35)52)19-21-50(29-39(54)46-32(5)43(58)61-8-2)23-25-51(24-22-49)30-40(55)47-33(6)44(59)62-9-3/h10-17,31-33H,7-9,18-30H2,1-6H3,(H,45,53)(H,46,54)(H,47,55)/t31-,32-,33-/m0/s1. The van der Waals surface area contributed by atoms with Crippen molar-refractivity contribution >= 4 is 57.4 Å². The highest BCUT2D eigenvalue weighted by atomic mass is 16.5. The Morgan fingerprint density at radius 2 is 0.806 bits per heavy atom. The van der Waals surface area contributed by atoms with E-state index in [1.807, 2.05) is 63.2 Å². The predicted octanol–water partition coefficient (Wildman–Crippen LogP) is 0.580. The van der Waals surface area contributed by atoms with E-state index in [-0.39, 0.29) is 56.7 Å². The molecule has 2 aromatic carbocycles. The number of para-hydroxylation sites is 2. The lowest BCUT2D eigenvalue weighted by atomic mass is 10.1. The Bertz CT molecular complexity index is 1940. The molecule has 0 radical (unpaired) electrons. The molecule has 3 N–H and O–H groups in total. The molecule has 3 atom stereocenters. The Labute approximate surface area is 363 Å². The number of ether oxygens (including phenoxy) is 3. The van der Waals surface area contributed by atoms with Crippen LogP contribution in [0, 0.1) is 0 Å². The molecule has 0 unspecified atom stereocenters. The van der Waals surface area contributed by atoms with Crippen LogP contribution in [0.5, 0.6) is 0 Å². The van der Waals surface area contributed by atoms with Crippen LogP contribution in [0.25, 0.3) is 21.8 Å². The summed E-state index contributed by atoms with van der Waals surface area (Å²) in [7, 11) is 0. The number of hydrogen-bond acceptors (Lipinski definition) is 14. The normalized spacial score (nSPS) is 16.5. The van der Waals surface area contributed by atoms with E-state index >= 15 is 0 Å². The average molecular weight is 865 g/mol. The van der Waals surface area contributed by atoms with Crippen LogP contribution < -0.4 is 21.4 Å². The van der Waals surface area contributed by atoms with Crippen LogP contribution in [0.2, 0.25) is 0 Å². The quantitative estimate of drug-likeness (QED) is 0.0912. The minimum absolute atomic E-state index is 0.0303. The Hall–Kier alpha value is -5.43. The smallest absolute Gasteiger partial charge is 0.328 e. The number of aromatic nitrogens is 1. The summed E-state index contributed by atoms with van der Waals surface area (Å²) in [5, 5.41) is 9.43. The lowest BCUT2D eigenvalue weighted by Gasteiger charge is -2.34. The summed E-state index contributed by atoms with van der Waals surface area (Å²) < 4.78 is 17.4. The van der Waals surface area contributed by atoms with E-state index in [0.29, 0.717) is 76.2 Å². The SMILES string of the molecule is CCOC(=O)[C@H](C)NC(=O)CN1CCN(CCn2c3ccccc3c(=O)c3ccccc32)CCN(CC(=O)N[C@@H](C)C(=O)OCC)CCN(CC(=O)N[C@@H](C)C(=O)OCC)CC1. The number of hydrogen-bond donors (Lipinski definition) is 3. The fourth-order valence-corrected chi connectivity index (χ4v) is 7.28. The zero-order valence-electron chi connectivity index (χ0n) is 37.0. The number of carbonyl (C=O) groups is 6. The second-order valence-electron chi connectivity index (χ2n) is 15.3. The Balaban J connectivity index is 1.62. The summed E-state index contributed by atoms with van der Waals surface area (Å²) in [5.41, 5.74) is 1.60. The third kappa shape index (κ3) is 14.9. The number of nitrogens with one attached hydrogen (secondary N) is 3. The van der Waals surface area contributed by atoms with E-state index in [2.05, 4.69) is 25.4 Å². The van der Waals surface area contributed by atoms with Crippen LogP contribution >= 0.6 is 0 Å². The van der Waals surface area contributed by atoms with E-state index < -0.39 is 41.9 Å². The van der Waals surface area contributed by atoms with Gasteiger partial charge in [-0.15, -0.1) is 0 Å². The van der Waals surface area contributed by atoms with Gasteiger partial charge in [0.25, 0.3) is 0 Å². The van der Waals surface area contributed by atoms with Crippen molar-refractivity contribution in [3.63, 3.8) is 0 Å². The molecule has 1 aliphatic heterocycles. The largest absolute Gasteiger partial charge is 0.464 e. The second kappa shape index (κ2) is 24.9. The van der Waals surface area contributed by atoms with Crippen molar-refractivity contribution in [3.8, 4) is 0 Å². The van der Waals surface area contributed by atoms with Gasteiger partial charge in [-0.25, -0.2) is 14.4 Å². The molecule has 0 aliphatic carbocycles. The van der Waals surface area contributed by atoms with Crippen molar-refractivity contribution in [2.24, 2.45) is 0 Å². The third-order valence-electron chi connectivity index (χ3n) is 10.6. The zero-order valence-corrected chi connectivity index (χ0v) is 37.0. The van der Waals surface area contributed by atoms with E-state index in [9.17, 15) is 33.6 Å². The predicted molar refractivity (Wildman–Crippen MR) is 234 cm³/mol. The van der Waals surface area contributed by atoms with Crippen LogP contribution in [0.3, 0.4) is 0 Å². The number of benzene rings is 2. The minimum atomic E-state index is -0.864. The van der Waals surface area contributed by atoms with Gasteiger partial charge in [0.2, 0.25) is 17.7 Å². The molecule has 340 valence electrons. The van der Waals surface area contributed by atoms with Crippen molar-refractivity contribution < 1.29 is 43.0 Å². The molecule has 18 heteroatoms. The minimum Gasteiger partial charge on any atom is -0.464 e. The highest BCUT2D eigenvalue weighted by Gasteiger charge is 2.25. The molecule has 0 spiro atoms. The highest BCUT2D eigenvalue weighted by molar-refractivity contribution is 5.93. The first kappa shape index (κ1) is 49.2. The molecular weight excluding hydrogens is 801 g/mol. The lowest BCUT2D eigenvalue weighted by Crippen LogP contribution is -2.52. The van der Waals surface area contributed by atoms with Gasteiger partial charge in [-0.05, 0) is 65.8 Å². The molecule has 1 fully saturated rings. The lowest BCUT2D eigenvalue weighted by molar-refractivity contribution is -0.147. The first-order valence-corrected chi connectivity index (χ1v) is 21.5. The Morgan fingerprint density at radius 1 is 0.500 bits per heavy atom. The number of amides is 3. The van der Waals surface area contributed by atoms with Crippen molar-refractivity contribution in [2.75, 3.05) is 98.4 Å². The number of rotatable bonds is 18. The molecule has 0 saturated carbocycles. The molecule has 2 heterocycles. The maximum atomic E-state index is 13.5. The third-order valence-corrected chi connectivity index (χ3v) is 10.6. The van der Waals surface area contributed by atoms with E-state index in [1.165, 1.54) is 0 Å². The van der Waals surface area contributed by atoms with Crippen molar-refractivity contribution in [2.45, 2.75) is 66.2 Å². The number of nitrogens with zero attached hydrogens (tertiary/aromatic N) is 5. The van der Waals surface area contributed by atoms with Gasteiger partial charge in [-0.2, -0.15) is 0 Å². The molecule has 1 saturated heterocycles. The van der Waals surface area contributed by atoms with Crippen molar-refractivity contribution in [1.29, 1.82) is 0 Å². The van der Waals surface area contributed by atoms with Crippen molar-refractivity contribution in [1.82, 2.24) is 40.1 Å². The van der Waals surface area contributed by atoms with Crippen LogP contribution in [-0.2, 0) is 49.5 Å². The molecule has 1 aromatic heterocycles. The van der Waals surface area contributed by atoms with Gasteiger partial charge < -0.3 is 34.7 Å². The number of carbonyl (C=O) groups excluding carboxylic acids is 6. The Morgan fingerprint density at radius 3 is 1.13 bits per heavy atom. The Kier molecular flexibility index (Phi) is 19.7. The zero-order chi connectivity index (χ0) is 45.2. The molecule has 1 aliphatic rings. The second-order valence-corrected chi connectivity index (χ2v) is 15.3. The maximum Gasteiger partial charge on any atom is 0.328 e. The van der Waals surface area contributed by atoms with Crippen LogP contribution in [-0.4, -0.2) is 176 Å². The van der Waals surface area contributed by atoms with Gasteiger partial charge in [0.1, 0.15) is 18.1 Å². The summed E-state index contributed by atoms with van der Waals surface area (Å²) in [6, 6.07) is 12.5. The summed E-state index contributed by atoms with van der Waals surface area (Å²) in [6.45, 7) is 14.6.